The SMILES string of the molecule is C#CCOc1ccc(/C=C(\C#N)C(=O)Nc2cccc(C)c2C)cc1OC. The summed E-state index contributed by atoms with van der Waals surface area (Å²) >= 11 is 0. The third-order valence-corrected chi connectivity index (χ3v) is 4.03. The molecule has 2 aromatic rings. The molecule has 0 aromatic heterocycles. The second kappa shape index (κ2) is 9.12. The maximum Gasteiger partial charge on any atom is 0.266 e. The Bertz CT molecular complexity index is 962. The van der Waals surface area contributed by atoms with Crippen molar-refractivity contribution < 1.29 is 14.3 Å². The summed E-state index contributed by atoms with van der Waals surface area (Å²) in [6.07, 6.45) is 6.69. The van der Waals surface area contributed by atoms with Gasteiger partial charge in [-0.25, -0.2) is 0 Å². The normalized spacial score (nSPS) is 10.5. The Labute approximate surface area is 159 Å². The number of hydrogen-bond donors (Lipinski definition) is 1. The molecule has 2 rings (SSSR count). The molecule has 0 heterocycles. The zero-order valence-electron chi connectivity index (χ0n) is 15.5. The zero-order valence-corrected chi connectivity index (χ0v) is 15.5. The van der Waals surface area contributed by atoms with Crippen molar-refractivity contribution in [3.63, 3.8) is 0 Å². The van der Waals surface area contributed by atoms with E-state index < -0.39 is 5.91 Å². The van der Waals surface area contributed by atoms with Crippen molar-refractivity contribution in [1.82, 2.24) is 0 Å². The summed E-state index contributed by atoms with van der Waals surface area (Å²) in [5.74, 6) is 2.87. The summed E-state index contributed by atoms with van der Waals surface area (Å²) in [4.78, 5) is 12.5. The average molecular weight is 360 g/mol. The molecule has 0 atom stereocenters. The lowest BCUT2D eigenvalue weighted by atomic mass is 10.1. The van der Waals surface area contributed by atoms with E-state index in [4.69, 9.17) is 15.9 Å². The molecule has 27 heavy (non-hydrogen) atoms. The Hall–Kier alpha value is -3.70. The molecule has 5 nitrogen and oxygen atoms in total. The van der Waals surface area contributed by atoms with Gasteiger partial charge in [-0.15, -0.1) is 6.42 Å². The first-order chi connectivity index (χ1) is 13.0. The predicted molar refractivity (Wildman–Crippen MR) is 105 cm³/mol. The van der Waals surface area contributed by atoms with Crippen molar-refractivity contribution in [2.45, 2.75) is 13.8 Å². The minimum atomic E-state index is -0.474. The number of anilines is 1. The van der Waals surface area contributed by atoms with Gasteiger partial charge in [-0.3, -0.25) is 4.79 Å². The third kappa shape index (κ3) is 4.90. The van der Waals surface area contributed by atoms with E-state index in [1.807, 2.05) is 32.0 Å². The van der Waals surface area contributed by atoms with E-state index in [0.717, 1.165) is 11.1 Å². The first-order valence-electron chi connectivity index (χ1n) is 8.23. The van der Waals surface area contributed by atoms with Gasteiger partial charge in [0.25, 0.3) is 5.91 Å². The van der Waals surface area contributed by atoms with Crippen molar-refractivity contribution in [2.75, 3.05) is 19.0 Å². The first kappa shape index (κ1) is 19.6. The Kier molecular flexibility index (Phi) is 6.63. The maximum atomic E-state index is 12.5. The Balaban J connectivity index is 2.27. The summed E-state index contributed by atoms with van der Waals surface area (Å²) in [7, 11) is 1.50. The number of carbonyl (C=O) groups excluding carboxylic acids is 1. The lowest BCUT2D eigenvalue weighted by Gasteiger charge is -2.11. The number of benzene rings is 2. The lowest BCUT2D eigenvalue weighted by Crippen LogP contribution is -2.14. The standard InChI is InChI=1S/C22H20N2O3/c1-5-11-27-20-10-9-17(13-21(20)26-4)12-18(14-23)22(25)24-19-8-6-7-15(2)16(19)3/h1,6-10,12-13H,11H2,2-4H3,(H,24,25)/b18-12+. The fourth-order valence-electron chi connectivity index (χ4n) is 2.40. The number of nitriles is 1. The predicted octanol–water partition coefficient (Wildman–Crippen LogP) is 3.87. The van der Waals surface area contributed by atoms with Gasteiger partial charge >= 0.3 is 0 Å². The van der Waals surface area contributed by atoms with Gasteiger partial charge in [0.15, 0.2) is 11.5 Å². The number of methoxy groups -OCH3 is 1. The highest BCUT2D eigenvalue weighted by atomic mass is 16.5. The first-order valence-corrected chi connectivity index (χ1v) is 8.23. The number of ether oxygens (including phenoxy) is 2. The van der Waals surface area contributed by atoms with Crippen LogP contribution in [0.25, 0.3) is 6.08 Å². The van der Waals surface area contributed by atoms with Crippen molar-refractivity contribution in [3.05, 3.63) is 58.7 Å². The summed E-state index contributed by atoms with van der Waals surface area (Å²) in [5.41, 5.74) is 3.31. The van der Waals surface area contributed by atoms with E-state index in [-0.39, 0.29) is 12.2 Å². The van der Waals surface area contributed by atoms with Crippen LogP contribution in [-0.2, 0) is 4.79 Å². The van der Waals surface area contributed by atoms with Crippen LogP contribution < -0.4 is 14.8 Å². The summed E-state index contributed by atoms with van der Waals surface area (Å²) in [5, 5.41) is 12.2. The number of nitrogens with one attached hydrogen (secondary N) is 1. The molecular formula is C22H20N2O3. The Morgan fingerprint density at radius 3 is 2.70 bits per heavy atom. The Morgan fingerprint density at radius 1 is 1.26 bits per heavy atom. The van der Waals surface area contributed by atoms with Gasteiger partial charge in [0.1, 0.15) is 18.2 Å². The summed E-state index contributed by atoms with van der Waals surface area (Å²) < 4.78 is 10.7. The number of terminal acetylenes is 1. The molecule has 0 saturated carbocycles. The van der Waals surface area contributed by atoms with Crippen molar-refractivity contribution in [3.8, 4) is 29.9 Å². The quantitative estimate of drug-likeness (QED) is 0.482. The van der Waals surface area contributed by atoms with E-state index in [9.17, 15) is 10.1 Å². The molecule has 1 N–H and O–H groups in total. The number of rotatable bonds is 6. The molecule has 0 saturated heterocycles. The topological polar surface area (TPSA) is 71.3 Å². The average Bonchev–Trinajstić information content (AvgIpc) is 2.68. The molecule has 0 spiro atoms. The minimum Gasteiger partial charge on any atom is -0.493 e. The van der Waals surface area contributed by atoms with E-state index >= 15 is 0 Å². The molecule has 0 bridgehead atoms. The van der Waals surface area contributed by atoms with Crippen LogP contribution >= 0.6 is 0 Å². The maximum absolute atomic E-state index is 12.5. The molecule has 0 aliphatic carbocycles. The van der Waals surface area contributed by atoms with Gasteiger partial charge in [-0.2, -0.15) is 5.26 Å². The van der Waals surface area contributed by atoms with Crippen LogP contribution in [0.5, 0.6) is 11.5 Å². The summed E-state index contributed by atoms with van der Waals surface area (Å²) in [6.45, 7) is 4.00. The van der Waals surface area contributed by atoms with Crippen LogP contribution in [-0.4, -0.2) is 19.6 Å². The molecule has 0 fully saturated rings. The van der Waals surface area contributed by atoms with E-state index in [2.05, 4.69) is 11.2 Å². The number of aryl methyl sites for hydroxylation is 1. The van der Waals surface area contributed by atoms with Crippen LogP contribution in [0.3, 0.4) is 0 Å². The highest BCUT2D eigenvalue weighted by Gasteiger charge is 2.12. The van der Waals surface area contributed by atoms with Gasteiger partial charge < -0.3 is 14.8 Å². The van der Waals surface area contributed by atoms with E-state index in [0.29, 0.717) is 22.7 Å². The molecule has 0 unspecified atom stereocenters. The molecule has 0 aliphatic rings. The number of nitrogens with zero attached hydrogens (tertiary/aromatic N) is 1. The van der Waals surface area contributed by atoms with Crippen molar-refractivity contribution in [1.29, 1.82) is 5.26 Å². The highest BCUT2D eigenvalue weighted by molar-refractivity contribution is 6.10. The highest BCUT2D eigenvalue weighted by Crippen LogP contribution is 2.29. The molecule has 136 valence electrons. The Morgan fingerprint density at radius 2 is 2.04 bits per heavy atom. The molecule has 0 aliphatic heterocycles. The van der Waals surface area contributed by atoms with Crippen LogP contribution in [0.2, 0.25) is 0 Å². The van der Waals surface area contributed by atoms with Gasteiger partial charge in [0.2, 0.25) is 0 Å². The fraction of sp³-hybridized carbons (Fsp3) is 0.182. The van der Waals surface area contributed by atoms with E-state index in [1.54, 1.807) is 24.3 Å². The fourth-order valence-corrected chi connectivity index (χ4v) is 2.40. The molecule has 1 amide bonds. The minimum absolute atomic E-state index is 0.0183. The van der Waals surface area contributed by atoms with Crippen LogP contribution in [0.1, 0.15) is 16.7 Å². The molecule has 5 heteroatoms. The number of amides is 1. The van der Waals surface area contributed by atoms with Crippen molar-refractivity contribution in [2.24, 2.45) is 0 Å². The van der Waals surface area contributed by atoms with E-state index in [1.165, 1.54) is 13.2 Å². The monoisotopic (exact) mass is 360 g/mol. The number of carbonyl (C=O) groups is 1. The van der Waals surface area contributed by atoms with Gasteiger partial charge in [-0.1, -0.05) is 24.1 Å². The molecule has 0 radical (unpaired) electrons. The smallest absolute Gasteiger partial charge is 0.266 e. The molecule has 2 aromatic carbocycles. The van der Waals surface area contributed by atoms with Crippen LogP contribution in [0.4, 0.5) is 5.69 Å². The second-order valence-electron chi connectivity index (χ2n) is 5.77. The lowest BCUT2D eigenvalue weighted by molar-refractivity contribution is -0.112. The van der Waals surface area contributed by atoms with Gasteiger partial charge in [0, 0.05) is 5.69 Å². The largest absolute Gasteiger partial charge is 0.493 e. The summed E-state index contributed by atoms with van der Waals surface area (Å²) in [6, 6.07) is 12.6. The number of hydrogen-bond acceptors (Lipinski definition) is 4. The second-order valence-corrected chi connectivity index (χ2v) is 5.77. The molecular weight excluding hydrogens is 340 g/mol. The van der Waals surface area contributed by atoms with Crippen LogP contribution in [0, 0.1) is 37.5 Å². The van der Waals surface area contributed by atoms with Gasteiger partial charge in [-0.05, 0) is 54.8 Å². The zero-order chi connectivity index (χ0) is 19.8. The third-order valence-electron chi connectivity index (χ3n) is 4.03. The van der Waals surface area contributed by atoms with Crippen LogP contribution in [0.15, 0.2) is 42.0 Å². The van der Waals surface area contributed by atoms with Crippen molar-refractivity contribution >= 4 is 17.7 Å². The van der Waals surface area contributed by atoms with Gasteiger partial charge in [0.05, 0.1) is 7.11 Å².